The van der Waals surface area contributed by atoms with Crippen molar-refractivity contribution in [2.75, 3.05) is 12.3 Å². The van der Waals surface area contributed by atoms with Crippen molar-refractivity contribution in [3.05, 3.63) is 39.8 Å². The monoisotopic (exact) mass is 333 g/mol. The van der Waals surface area contributed by atoms with Gasteiger partial charge in [0, 0.05) is 29.7 Å². The third-order valence-electron chi connectivity index (χ3n) is 2.59. The summed E-state index contributed by atoms with van der Waals surface area (Å²) in [6.07, 6.45) is 0.343. The second-order valence-corrected chi connectivity index (χ2v) is 6.99. The highest BCUT2D eigenvalue weighted by Gasteiger charge is 2.24. The van der Waals surface area contributed by atoms with Crippen LogP contribution in [0.5, 0.6) is 0 Å². The topological polar surface area (TPSA) is 85.1 Å². The zero-order valence-electron chi connectivity index (χ0n) is 11.1. The number of aryl methyl sites for hydroxylation is 1. The number of rotatable bonds is 5. The van der Waals surface area contributed by atoms with Crippen molar-refractivity contribution in [1.29, 1.82) is 0 Å². The maximum absolute atomic E-state index is 13.6. The lowest BCUT2D eigenvalue weighted by Crippen LogP contribution is -2.27. The van der Waals surface area contributed by atoms with Crippen molar-refractivity contribution >= 4 is 27.0 Å². The number of nitrogens with zero attached hydrogens (tertiary/aromatic N) is 1. The molecular weight excluding hydrogens is 320 g/mol. The van der Waals surface area contributed by atoms with Crippen LogP contribution < -0.4 is 10.5 Å². The summed E-state index contributed by atoms with van der Waals surface area (Å²) in [5.41, 5.74) is 5.91. The molecule has 0 aliphatic carbocycles. The summed E-state index contributed by atoms with van der Waals surface area (Å²) in [5.74, 6) is -2.44. The first-order valence-corrected chi connectivity index (χ1v) is 8.31. The molecule has 0 unspecified atom stereocenters. The molecule has 0 saturated heterocycles. The number of nitrogens with two attached hydrogens (primary N) is 1. The number of nitrogens with one attached hydrogen (secondary N) is 1. The highest BCUT2D eigenvalue weighted by atomic mass is 32.2. The zero-order valence-corrected chi connectivity index (χ0v) is 12.7. The van der Waals surface area contributed by atoms with Crippen molar-refractivity contribution in [3.8, 4) is 0 Å². The summed E-state index contributed by atoms with van der Waals surface area (Å²) in [6, 6.07) is 1.53. The lowest BCUT2D eigenvalue weighted by atomic mass is 10.3. The normalized spacial score (nSPS) is 11.8. The van der Waals surface area contributed by atoms with Gasteiger partial charge in [-0.15, -0.1) is 11.3 Å². The number of halogens is 2. The Hall–Kier alpha value is -1.58. The first-order valence-electron chi connectivity index (χ1n) is 5.95. The molecule has 0 spiro atoms. The minimum absolute atomic E-state index is 0.00145. The first kappa shape index (κ1) is 15.8. The van der Waals surface area contributed by atoms with Crippen LogP contribution in [0.1, 0.15) is 10.7 Å². The Labute approximate surface area is 124 Å². The van der Waals surface area contributed by atoms with E-state index in [1.807, 2.05) is 12.3 Å². The molecule has 1 heterocycles. The molecule has 5 nitrogen and oxygen atoms in total. The molecule has 9 heteroatoms. The molecular formula is C12H13F2N3O2S2. The molecule has 0 saturated carbocycles. The van der Waals surface area contributed by atoms with E-state index >= 15 is 0 Å². The van der Waals surface area contributed by atoms with Gasteiger partial charge < -0.3 is 5.73 Å². The van der Waals surface area contributed by atoms with Gasteiger partial charge in [-0.1, -0.05) is 0 Å². The predicted octanol–water partition coefficient (Wildman–Crippen LogP) is 1.83. The van der Waals surface area contributed by atoms with Gasteiger partial charge in [0.2, 0.25) is 10.0 Å². The number of aromatic nitrogens is 1. The minimum atomic E-state index is -4.28. The molecule has 0 aliphatic heterocycles. The molecule has 114 valence electrons. The lowest BCUT2D eigenvalue weighted by molar-refractivity contribution is 0.515. The van der Waals surface area contributed by atoms with Crippen molar-refractivity contribution < 1.29 is 17.2 Å². The van der Waals surface area contributed by atoms with Gasteiger partial charge in [-0.2, -0.15) is 0 Å². The summed E-state index contributed by atoms with van der Waals surface area (Å²) in [4.78, 5) is 3.15. The van der Waals surface area contributed by atoms with Gasteiger partial charge in [0.25, 0.3) is 0 Å². The van der Waals surface area contributed by atoms with Gasteiger partial charge >= 0.3 is 0 Å². The van der Waals surface area contributed by atoms with Gasteiger partial charge in [0.1, 0.15) is 11.6 Å². The largest absolute Gasteiger partial charge is 0.399 e. The Morgan fingerprint density at radius 3 is 2.48 bits per heavy atom. The molecule has 0 fully saturated rings. The number of hydrogen-bond acceptors (Lipinski definition) is 5. The van der Waals surface area contributed by atoms with Crippen molar-refractivity contribution in [2.24, 2.45) is 0 Å². The molecule has 1 aromatic carbocycles. The summed E-state index contributed by atoms with van der Waals surface area (Å²) in [5, 5.41) is 2.58. The van der Waals surface area contributed by atoms with E-state index in [4.69, 9.17) is 5.73 Å². The number of anilines is 1. The van der Waals surface area contributed by atoms with Crippen molar-refractivity contribution in [3.63, 3.8) is 0 Å². The molecule has 21 heavy (non-hydrogen) atoms. The lowest BCUT2D eigenvalue weighted by Gasteiger charge is -2.08. The second kappa shape index (κ2) is 6.04. The van der Waals surface area contributed by atoms with E-state index in [1.165, 1.54) is 11.3 Å². The van der Waals surface area contributed by atoms with Gasteiger partial charge in [0.15, 0.2) is 4.90 Å². The Kier molecular flexibility index (Phi) is 4.55. The van der Waals surface area contributed by atoms with E-state index in [9.17, 15) is 17.2 Å². The fourth-order valence-corrected chi connectivity index (χ4v) is 3.64. The standard InChI is InChI=1S/C12H13F2N3O2S2/c1-7-6-20-11(17-7)2-3-16-21(18,19)12-9(13)4-8(15)5-10(12)14/h4-6,16H,2-3,15H2,1H3. The number of thiazole rings is 1. The molecule has 2 rings (SSSR count). The molecule has 3 N–H and O–H groups in total. The quantitative estimate of drug-likeness (QED) is 0.818. The van der Waals surface area contributed by atoms with Crippen LogP contribution in [0, 0.1) is 18.6 Å². The van der Waals surface area contributed by atoms with Crippen LogP contribution in [0.4, 0.5) is 14.5 Å². The molecule has 0 atom stereocenters. The summed E-state index contributed by atoms with van der Waals surface area (Å²) in [6.45, 7) is 1.82. The van der Waals surface area contributed by atoms with E-state index in [1.54, 1.807) is 0 Å². The van der Waals surface area contributed by atoms with Crippen LogP contribution in [-0.4, -0.2) is 19.9 Å². The molecule has 0 radical (unpaired) electrons. The third-order valence-corrected chi connectivity index (χ3v) is 5.12. The third kappa shape index (κ3) is 3.74. The average molecular weight is 333 g/mol. The minimum Gasteiger partial charge on any atom is -0.399 e. The summed E-state index contributed by atoms with van der Waals surface area (Å²) < 4.78 is 53.2. The first-order chi connectivity index (χ1) is 9.79. The average Bonchev–Trinajstić information content (AvgIpc) is 2.72. The fraction of sp³-hybridized carbons (Fsp3) is 0.250. The highest BCUT2D eigenvalue weighted by Crippen LogP contribution is 2.21. The van der Waals surface area contributed by atoms with E-state index in [-0.39, 0.29) is 12.2 Å². The van der Waals surface area contributed by atoms with Crippen molar-refractivity contribution in [1.82, 2.24) is 9.71 Å². The van der Waals surface area contributed by atoms with Crippen LogP contribution in [0.25, 0.3) is 0 Å². The predicted molar refractivity (Wildman–Crippen MR) is 76.5 cm³/mol. The van der Waals surface area contributed by atoms with Gasteiger partial charge in [-0.3, -0.25) is 0 Å². The fourth-order valence-electron chi connectivity index (χ4n) is 1.72. The Balaban J connectivity index is 2.12. The van der Waals surface area contributed by atoms with Gasteiger partial charge in [-0.25, -0.2) is 26.9 Å². The Morgan fingerprint density at radius 2 is 1.95 bits per heavy atom. The maximum Gasteiger partial charge on any atom is 0.246 e. The maximum atomic E-state index is 13.6. The molecule has 0 aliphatic rings. The number of sulfonamides is 1. The van der Waals surface area contributed by atoms with Crippen LogP contribution >= 0.6 is 11.3 Å². The Bertz CT molecular complexity index is 737. The van der Waals surface area contributed by atoms with Crippen LogP contribution in [0.2, 0.25) is 0 Å². The summed E-state index contributed by atoms with van der Waals surface area (Å²) in [7, 11) is -4.28. The second-order valence-electron chi connectivity index (χ2n) is 4.34. The molecule has 0 amide bonds. The van der Waals surface area contributed by atoms with Crippen LogP contribution in [-0.2, 0) is 16.4 Å². The van der Waals surface area contributed by atoms with Crippen LogP contribution in [0.3, 0.4) is 0 Å². The summed E-state index contributed by atoms with van der Waals surface area (Å²) >= 11 is 1.39. The number of hydrogen-bond donors (Lipinski definition) is 2. The number of benzene rings is 1. The smallest absolute Gasteiger partial charge is 0.246 e. The van der Waals surface area contributed by atoms with Gasteiger partial charge in [-0.05, 0) is 19.1 Å². The van der Waals surface area contributed by atoms with Crippen LogP contribution in [0.15, 0.2) is 22.4 Å². The molecule has 0 bridgehead atoms. The van der Waals surface area contributed by atoms with Crippen molar-refractivity contribution in [2.45, 2.75) is 18.2 Å². The zero-order chi connectivity index (χ0) is 15.6. The van der Waals surface area contributed by atoms with Gasteiger partial charge in [0.05, 0.1) is 5.01 Å². The number of nitrogen functional groups attached to an aromatic ring is 1. The van der Waals surface area contributed by atoms with E-state index in [0.29, 0.717) is 6.42 Å². The highest BCUT2D eigenvalue weighted by molar-refractivity contribution is 7.89. The molecule has 1 aromatic heterocycles. The van der Waals surface area contributed by atoms with E-state index < -0.39 is 26.6 Å². The SMILES string of the molecule is Cc1csc(CCNS(=O)(=O)c2c(F)cc(N)cc2F)n1. The Morgan fingerprint density at radius 1 is 1.33 bits per heavy atom. The van der Waals surface area contributed by atoms with E-state index in [0.717, 1.165) is 22.8 Å². The molecule has 2 aromatic rings. The van der Waals surface area contributed by atoms with E-state index in [2.05, 4.69) is 9.71 Å².